The van der Waals surface area contributed by atoms with Crippen molar-refractivity contribution in [2.45, 2.75) is 9.79 Å². The van der Waals surface area contributed by atoms with Gasteiger partial charge in [0.05, 0.1) is 0 Å². The van der Waals surface area contributed by atoms with Crippen molar-refractivity contribution in [2.75, 3.05) is 0 Å². The zero-order chi connectivity index (χ0) is 15.4. The summed E-state index contributed by atoms with van der Waals surface area (Å²) in [6.45, 7) is 0. The molecule has 1 nitrogen and oxygen atoms in total. The van der Waals surface area contributed by atoms with Gasteiger partial charge in [-0.15, -0.1) is 0 Å². The second-order valence-electron chi connectivity index (χ2n) is 4.78. The molecule has 3 aromatic rings. The molecular weight excluding hydrogens is 312 g/mol. The minimum Gasteiger partial charge on any atom is -0.289 e. The summed E-state index contributed by atoms with van der Waals surface area (Å²) < 4.78 is 0. The van der Waals surface area contributed by atoms with Crippen molar-refractivity contribution in [2.24, 2.45) is 0 Å². The largest absolute Gasteiger partial charge is 0.289 e. The Morgan fingerprint density at radius 3 is 1.77 bits per heavy atom. The van der Waals surface area contributed by atoms with Crippen LogP contribution >= 0.6 is 23.4 Å². The number of hydrogen-bond donors (Lipinski definition) is 0. The number of halogens is 1. The molecule has 0 unspecified atom stereocenters. The number of carbonyl (C=O) groups is 1. The van der Waals surface area contributed by atoms with Crippen LogP contribution in [-0.4, -0.2) is 5.78 Å². The second-order valence-corrected chi connectivity index (χ2v) is 6.36. The summed E-state index contributed by atoms with van der Waals surface area (Å²) in [4.78, 5) is 14.7. The van der Waals surface area contributed by atoms with Gasteiger partial charge in [0, 0.05) is 25.9 Å². The average molecular weight is 325 g/mol. The summed E-state index contributed by atoms with van der Waals surface area (Å²) in [5, 5.41) is 0.631. The summed E-state index contributed by atoms with van der Waals surface area (Å²) >= 11 is 7.52. The Morgan fingerprint density at radius 1 is 0.682 bits per heavy atom. The third kappa shape index (κ3) is 3.59. The van der Waals surface area contributed by atoms with Gasteiger partial charge in [-0.25, -0.2) is 0 Å². The molecule has 0 aliphatic carbocycles. The van der Waals surface area contributed by atoms with Gasteiger partial charge in [-0.3, -0.25) is 4.79 Å². The topological polar surface area (TPSA) is 17.1 Å². The molecule has 0 fully saturated rings. The quantitative estimate of drug-likeness (QED) is 0.571. The molecule has 108 valence electrons. The van der Waals surface area contributed by atoms with Crippen molar-refractivity contribution in [3.63, 3.8) is 0 Å². The number of benzene rings is 3. The molecule has 0 saturated heterocycles. The fraction of sp³-hybridized carbons (Fsp3) is 0. The number of carbonyl (C=O) groups excluding carboxylic acids is 1. The Bertz CT molecular complexity index is 765. The van der Waals surface area contributed by atoms with Gasteiger partial charge in [-0.1, -0.05) is 41.6 Å². The van der Waals surface area contributed by atoms with Crippen LogP contribution < -0.4 is 0 Å². The first-order valence-electron chi connectivity index (χ1n) is 6.85. The van der Waals surface area contributed by atoms with E-state index < -0.39 is 0 Å². The molecule has 22 heavy (non-hydrogen) atoms. The molecule has 0 aliphatic heterocycles. The number of ketones is 1. The Balaban J connectivity index is 1.76. The minimum atomic E-state index is 0.00734. The van der Waals surface area contributed by atoms with Crippen molar-refractivity contribution >= 4 is 29.1 Å². The molecule has 0 amide bonds. The lowest BCUT2D eigenvalue weighted by Crippen LogP contribution is -2.00. The van der Waals surface area contributed by atoms with Crippen LogP contribution in [0.1, 0.15) is 15.9 Å². The van der Waals surface area contributed by atoms with Crippen molar-refractivity contribution < 1.29 is 4.79 Å². The minimum absolute atomic E-state index is 0.00734. The van der Waals surface area contributed by atoms with Crippen molar-refractivity contribution in [3.8, 4) is 0 Å². The maximum atomic E-state index is 12.4. The lowest BCUT2D eigenvalue weighted by molar-refractivity contribution is 0.103. The predicted octanol–water partition coefficient (Wildman–Crippen LogP) is 5.72. The summed E-state index contributed by atoms with van der Waals surface area (Å²) in [5.74, 6) is 0.00734. The first-order valence-corrected chi connectivity index (χ1v) is 8.05. The molecule has 0 aliphatic rings. The summed E-state index contributed by atoms with van der Waals surface area (Å²) in [7, 11) is 0. The molecule has 0 bridgehead atoms. The SMILES string of the molecule is O=C(c1ccc(Cl)cc1)c1ccc(Sc2ccccc2)cc1. The van der Waals surface area contributed by atoms with E-state index in [4.69, 9.17) is 11.6 Å². The smallest absolute Gasteiger partial charge is 0.193 e. The molecule has 3 aromatic carbocycles. The third-order valence-electron chi connectivity index (χ3n) is 3.20. The van der Waals surface area contributed by atoms with Gasteiger partial charge < -0.3 is 0 Å². The van der Waals surface area contributed by atoms with Crippen LogP contribution in [0.5, 0.6) is 0 Å². The fourth-order valence-electron chi connectivity index (χ4n) is 2.07. The Morgan fingerprint density at radius 2 is 1.18 bits per heavy atom. The molecule has 3 rings (SSSR count). The van der Waals surface area contributed by atoms with Gasteiger partial charge in [0.15, 0.2) is 5.78 Å². The van der Waals surface area contributed by atoms with Gasteiger partial charge in [0.2, 0.25) is 0 Å². The van der Waals surface area contributed by atoms with E-state index in [2.05, 4.69) is 12.1 Å². The highest BCUT2D eigenvalue weighted by atomic mass is 35.5. The Hall–Kier alpha value is -2.03. The van der Waals surface area contributed by atoms with E-state index in [-0.39, 0.29) is 5.78 Å². The van der Waals surface area contributed by atoms with Gasteiger partial charge in [0.25, 0.3) is 0 Å². The van der Waals surface area contributed by atoms with E-state index >= 15 is 0 Å². The van der Waals surface area contributed by atoms with Gasteiger partial charge >= 0.3 is 0 Å². The Kier molecular flexibility index (Phi) is 4.62. The highest BCUT2D eigenvalue weighted by Crippen LogP contribution is 2.27. The highest BCUT2D eigenvalue weighted by Gasteiger charge is 2.09. The van der Waals surface area contributed by atoms with E-state index in [1.807, 2.05) is 42.5 Å². The van der Waals surface area contributed by atoms with Crippen LogP contribution in [0, 0.1) is 0 Å². The summed E-state index contributed by atoms with van der Waals surface area (Å²) in [6.07, 6.45) is 0. The number of rotatable bonds is 4. The maximum absolute atomic E-state index is 12.4. The molecule has 0 heterocycles. The van der Waals surface area contributed by atoms with E-state index in [1.165, 1.54) is 4.90 Å². The Labute approximate surface area is 138 Å². The standard InChI is InChI=1S/C19H13ClOS/c20-16-10-6-14(7-11-16)19(21)15-8-12-18(13-9-15)22-17-4-2-1-3-5-17/h1-13H. The van der Waals surface area contributed by atoms with Crippen LogP contribution in [0.15, 0.2) is 88.7 Å². The van der Waals surface area contributed by atoms with E-state index in [0.29, 0.717) is 16.1 Å². The van der Waals surface area contributed by atoms with E-state index in [1.54, 1.807) is 36.0 Å². The van der Waals surface area contributed by atoms with Gasteiger partial charge in [-0.2, -0.15) is 0 Å². The molecule has 3 heteroatoms. The predicted molar refractivity (Wildman–Crippen MR) is 91.9 cm³/mol. The lowest BCUT2D eigenvalue weighted by Gasteiger charge is -2.04. The van der Waals surface area contributed by atoms with Crippen LogP contribution in [0.3, 0.4) is 0 Å². The maximum Gasteiger partial charge on any atom is 0.193 e. The summed E-state index contributed by atoms with van der Waals surface area (Å²) in [5.41, 5.74) is 1.33. The van der Waals surface area contributed by atoms with Gasteiger partial charge in [0.1, 0.15) is 0 Å². The summed E-state index contributed by atoms with van der Waals surface area (Å²) in [6, 6.07) is 24.8. The normalized spacial score (nSPS) is 10.4. The molecule has 0 aromatic heterocycles. The van der Waals surface area contributed by atoms with Crippen molar-refractivity contribution in [1.82, 2.24) is 0 Å². The molecule has 0 saturated carbocycles. The van der Waals surface area contributed by atoms with Crippen molar-refractivity contribution in [1.29, 1.82) is 0 Å². The first kappa shape index (κ1) is 14.9. The molecular formula is C19H13ClOS. The highest BCUT2D eigenvalue weighted by molar-refractivity contribution is 7.99. The van der Waals surface area contributed by atoms with Crippen LogP contribution in [-0.2, 0) is 0 Å². The zero-order valence-corrected chi connectivity index (χ0v) is 13.3. The van der Waals surface area contributed by atoms with Crippen LogP contribution in [0.25, 0.3) is 0 Å². The number of hydrogen-bond acceptors (Lipinski definition) is 2. The van der Waals surface area contributed by atoms with E-state index in [0.717, 1.165) is 4.90 Å². The monoisotopic (exact) mass is 324 g/mol. The second kappa shape index (κ2) is 6.82. The first-order chi connectivity index (χ1) is 10.7. The molecule has 0 N–H and O–H groups in total. The van der Waals surface area contributed by atoms with E-state index in [9.17, 15) is 4.79 Å². The third-order valence-corrected chi connectivity index (χ3v) is 4.47. The van der Waals surface area contributed by atoms with Crippen molar-refractivity contribution in [3.05, 3.63) is 95.0 Å². The van der Waals surface area contributed by atoms with Crippen LogP contribution in [0.2, 0.25) is 5.02 Å². The molecule has 0 atom stereocenters. The fourth-order valence-corrected chi connectivity index (χ4v) is 3.03. The average Bonchev–Trinajstić information content (AvgIpc) is 2.57. The molecule has 0 radical (unpaired) electrons. The van der Waals surface area contributed by atoms with Crippen LogP contribution in [0.4, 0.5) is 0 Å². The van der Waals surface area contributed by atoms with Gasteiger partial charge in [-0.05, 0) is 60.7 Å². The zero-order valence-electron chi connectivity index (χ0n) is 11.7. The molecule has 0 spiro atoms. The lowest BCUT2D eigenvalue weighted by atomic mass is 10.0.